The zero-order valence-electron chi connectivity index (χ0n) is 10.1. The van der Waals surface area contributed by atoms with Crippen molar-refractivity contribution < 1.29 is 9.47 Å². The topological polar surface area (TPSA) is 31.4 Å². The molecule has 102 valence electrons. The second-order valence-corrected chi connectivity index (χ2v) is 5.77. The molecule has 1 aromatic heterocycles. The number of pyridine rings is 1. The van der Waals surface area contributed by atoms with Crippen LogP contribution in [0.5, 0.6) is 5.75 Å². The number of fused-ring (bicyclic) bond motifs is 1. The summed E-state index contributed by atoms with van der Waals surface area (Å²) >= 11 is 12.5. The summed E-state index contributed by atoms with van der Waals surface area (Å²) in [4.78, 5) is 4.35. The fourth-order valence-electron chi connectivity index (χ4n) is 1.65. The van der Waals surface area contributed by atoms with Gasteiger partial charge in [-0.3, -0.25) is 4.98 Å². The fraction of sp³-hybridized carbons (Fsp3) is 0.308. The molecular formula is C13H13ClINO2S. The maximum atomic E-state index is 6.20. The van der Waals surface area contributed by atoms with Crippen LogP contribution in [0.25, 0.3) is 10.9 Å². The molecule has 1 aromatic carbocycles. The second kappa shape index (κ2) is 7.52. The van der Waals surface area contributed by atoms with E-state index in [0.717, 1.165) is 20.2 Å². The molecule has 0 atom stereocenters. The molecule has 0 fully saturated rings. The van der Waals surface area contributed by atoms with Gasteiger partial charge in [0.1, 0.15) is 12.1 Å². The van der Waals surface area contributed by atoms with E-state index in [1.54, 1.807) is 6.20 Å². The predicted molar refractivity (Wildman–Crippen MR) is 89.6 cm³/mol. The van der Waals surface area contributed by atoms with Crippen LogP contribution >= 0.6 is 46.8 Å². The van der Waals surface area contributed by atoms with Crippen molar-refractivity contribution in [3.8, 4) is 5.75 Å². The fourth-order valence-corrected chi connectivity index (χ4v) is 2.95. The van der Waals surface area contributed by atoms with E-state index in [1.807, 2.05) is 18.2 Å². The monoisotopic (exact) mass is 409 g/mol. The molecule has 3 nitrogen and oxygen atoms in total. The second-order valence-electron chi connectivity index (χ2n) is 3.75. The van der Waals surface area contributed by atoms with Crippen molar-refractivity contribution in [1.29, 1.82) is 0 Å². The van der Waals surface area contributed by atoms with Gasteiger partial charge in [-0.1, -0.05) is 11.6 Å². The average molecular weight is 410 g/mol. The summed E-state index contributed by atoms with van der Waals surface area (Å²) in [6.07, 6.45) is 1.74. The van der Waals surface area contributed by atoms with Crippen molar-refractivity contribution in [2.24, 2.45) is 0 Å². The molecule has 0 aliphatic heterocycles. The van der Waals surface area contributed by atoms with Gasteiger partial charge in [-0.05, 0) is 40.8 Å². The SMILES string of the molecule is SCCOCCOc1c(I)cc(Cl)c2cccnc12. The summed E-state index contributed by atoms with van der Waals surface area (Å²) in [5, 5.41) is 1.59. The molecule has 0 unspecified atom stereocenters. The van der Waals surface area contributed by atoms with Crippen LogP contribution in [-0.4, -0.2) is 30.6 Å². The first-order chi connectivity index (χ1) is 9.24. The average Bonchev–Trinajstić information content (AvgIpc) is 2.42. The van der Waals surface area contributed by atoms with E-state index in [4.69, 9.17) is 21.1 Å². The van der Waals surface area contributed by atoms with Crippen molar-refractivity contribution in [2.45, 2.75) is 0 Å². The lowest BCUT2D eigenvalue weighted by atomic mass is 10.2. The number of hydrogen-bond acceptors (Lipinski definition) is 4. The van der Waals surface area contributed by atoms with Gasteiger partial charge in [0.15, 0.2) is 5.75 Å². The highest BCUT2D eigenvalue weighted by molar-refractivity contribution is 14.1. The summed E-state index contributed by atoms with van der Waals surface area (Å²) in [6.45, 7) is 1.65. The van der Waals surface area contributed by atoms with Gasteiger partial charge in [-0.25, -0.2) is 0 Å². The maximum Gasteiger partial charge on any atom is 0.159 e. The molecule has 2 aromatic rings. The van der Waals surface area contributed by atoms with Gasteiger partial charge in [0.05, 0.1) is 21.8 Å². The molecule has 0 amide bonds. The molecule has 0 N–H and O–H groups in total. The quantitative estimate of drug-likeness (QED) is 0.447. The van der Waals surface area contributed by atoms with E-state index in [2.05, 4.69) is 40.2 Å². The minimum absolute atomic E-state index is 0.483. The lowest BCUT2D eigenvalue weighted by Crippen LogP contribution is -2.09. The summed E-state index contributed by atoms with van der Waals surface area (Å²) in [6, 6.07) is 5.68. The van der Waals surface area contributed by atoms with E-state index >= 15 is 0 Å². The van der Waals surface area contributed by atoms with Crippen LogP contribution in [0, 0.1) is 3.57 Å². The Kier molecular flexibility index (Phi) is 6.00. The van der Waals surface area contributed by atoms with Crippen molar-refractivity contribution in [3.05, 3.63) is 33.0 Å². The van der Waals surface area contributed by atoms with E-state index in [1.165, 1.54) is 0 Å². The smallest absolute Gasteiger partial charge is 0.159 e. The van der Waals surface area contributed by atoms with Gasteiger partial charge in [0.2, 0.25) is 0 Å². The number of halogens is 2. The van der Waals surface area contributed by atoms with Crippen LogP contribution in [-0.2, 0) is 4.74 Å². The lowest BCUT2D eigenvalue weighted by Gasteiger charge is -2.12. The highest BCUT2D eigenvalue weighted by Crippen LogP contribution is 2.34. The third kappa shape index (κ3) is 3.87. The standard InChI is InChI=1S/C13H13ClINO2S/c14-10-8-11(15)13(18-5-4-17-6-7-19)12-9(10)2-1-3-16-12/h1-3,8,19H,4-7H2. The summed E-state index contributed by atoms with van der Waals surface area (Å²) < 4.78 is 12.1. The number of ether oxygens (including phenoxy) is 2. The summed E-state index contributed by atoms with van der Waals surface area (Å²) in [5.74, 6) is 1.47. The number of aromatic nitrogens is 1. The van der Waals surface area contributed by atoms with Gasteiger partial charge in [0.25, 0.3) is 0 Å². The van der Waals surface area contributed by atoms with Crippen LogP contribution in [0.15, 0.2) is 24.4 Å². The molecule has 0 spiro atoms. The number of hydrogen-bond donors (Lipinski definition) is 1. The molecule has 0 aliphatic carbocycles. The molecule has 2 rings (SSSR count). The number of rotatable bonds is 6. The van der Waals surface area contributed by atoms with Crippen LogP contribution in [0.3, 0.4) is 0 Å². The highest BCUT2D eigenvalue weighted by Gasteiger charge is 2.11. The van der Waals surface area contributed by atoms with Crippen LogP contribution in [0.2, 0.25) is 5.02 Å². The Bertz CT molecular complexity index is 568. The van der Waals surface area contributed by atoms with Crippen LogP contribution in [0.4, 0.5) is 0 Å². The Morgan fingerprint density at radius 2 is 2.16 bits per heavy atom. The minimum Gasteiger partial charge on any atom is -0.488 e. The van der Waals surface area contributed by atoms with E-state index in [0.29, 0.717) is 30.6 Å². The Morgan fingerprint density at radius 1 is 1.32 bits per heavy atom. The zero-order valence-corrected chi connectivity index (χ0v) is 13.9. The van der Waals surface area contributed by atoms with Gasteiger partial charge < -0.3 is 9.47 Å². The normalized spacial score (nSPS) is 10.9. The van der Waals surface area contributed by atoms with Crippen LogP contribution in [0.1, 0.15) is 0 Å². The summed E-state index contributed by atoms with van der Waals surface area (Å²) in [5.41, 5.74) is 0.786. The predicted octanol–water partition coefficient (Wildman–Crippen LogP) is 3.82. The zero-order chi connectivity index (χ0) is 13.7. The Morgan fingerprint density at radius 3 is 2.95 bits per heavy atom. The van der Waals surface area contributed by atoms with Gasteiger partial charge >= 0.3 is 0 Å². The molecule has 0 bridgehead atoms. The largest absolute Gasteiger partial charge is 0.488 e. The third-order valence-corrected chi connectivity index (χ3v) is 3.76. The molecule has 0 saturated heterocycles. The number of benzene rings is 1. The molecular weight excluding hydrogens is 397 g/mol. The summed E-state index contributed by atoms with van der Waals surface area (Å²) in [7, 11) is 0. The van der Waals surface area contributed by atoms with Crippen LogP contribution < -0.4 is 4.74 Å². The third-order valence-electron chi connectivity index (χ3n) is 2.46. The van der Waals surface area contributed by atoms with Crippen molar-refractivity contribution in [2.75, 3.05) is 25.6 Å². The van der Waals surface area contributed by atoms with Crippen molar-refractivity contribution >= 4 is 57.7 Å². The number of nitrogens with zero attached hydrogens (tertiary/aromatic N) is 1. The number of thiol groups is 1. The molecule has 1 heterocycles. The lowest BCUT2D eigenvalue weighted by molar-refractivity contribution is 0.112. The molecule has 6 heteroatoms. The van der Waals surface area contributed by atoms with E-state index in [9.17, 15) is 0 Å². The minimum atomic E-state index is 0.483. The first kappa shape index (κ1) is 15.2. The van der Waals surface area contributed by atoms with Crippen molar-refractivity contribution in [1.82, 2.24) is 4.98 Å². The molecule has 19 heavy (non-hydrogen) atoms. The highest BCUT2D eigenvalue weighted by atomic mass is 127. The van der Waals surface area contributed by atoms with Gasteiger partial charge in [0, 0.05) is 17.3 Å². The Hall–Kier alpha value is -0.240. The van der Waals surface area contributed by atoms with Gasteiger partial charge in [-0.2, -0.15) is 12.6 Å². The molecule has 0 aliphatic rings. The first-order valence-electron chi connectivity index (χ1n) is 5.78. The maximum absolute atomic E-state index is 6.20. The first-order valence-corrected chi connectivity index (χ1v) is 7.87. The molecule has 0 saturated carbocycles. The molecule has 0 radical (unpaired) electrons. The Balaban J connectivity index is 2.18. The van der Waals surface area contributed by atoms with Gasteiger partial charge in [-0.15, -0.1) is 0 Å². The van der Waals surface area contributed by atoms with Crippen molar-refractivity contribution in [3.63, 3.8) is 0 Å². The van der Waals surface area contributed by atoms with E-state index < -0.39 is 0 Å². The Labute approximate surface area is 136 Å². The van der Waals surface area contributed by atoms with E-state index in [-0.39, 0.29) is 0 Å².